The first-order valence-corrected chi connectivity index (χ1v) is 12.8. The van der Waals surface area contributed by atoms with Gasteiger partial charge in [0.2, 0.25) is 5.91 Å². The van der Waals surface area contributed by atoms with Crippen molar-refractivity contribution in [1.29, 1.82) is 0 Å². The number of benzene rings is 3. The highest BCUT2D eigenvalue weighted by Crippen LogP contribution is 2.28. The van der Waals surface area contributed by atoms with Crippen molar-refractivity contribution in [1.82, 2.24) is 4.90 Å². The first kappa shape index (κ1) is 24.5. The van der Waals surface area contributed by atoms with Crippen molar-refractivity contribution in [2.24, 2.45) is 5.92 Å². The van der Waals surface area contributed by atoms with Crippen LogP contribution < -0.4 is 4.18 Å². The van der Waals surface area contributed by atoms with Crippen molar-refractivity contribution in [3.05, 3.63) is 102 Å². The van der Waals surface area contributed by atoms with Crippen LogP contribution in [0, 0.1) is 5.92 Å². The maximum atomic E-state index is 13.9. The second kappa shape index (κ2) is 11.1. The van der Waals surface area contributed by atoms with Gasteiger partial charge in [-0.05, 0) is 41.7 Å². The average molecular weight is 466 g/mol. The number of amides is 1. The molecular formula is C27H31NO4S. The van der Waals surface area contributed by atoms with Crippen LogP contribution in [0.2, 0.25) is 0 Å². The van der Waals surface area contributed by atoms with Crippen molar-refractivity contribution in [3.63, 3.8) is 0 Å². The van der Waals surface area contributed by atoms with Gasteiger partial charge in [-0.15, -0.1) is 0 Å². The monoisotopic (exact) mass is 465 g/mol. The molecule has 33 heavy (non-hydrogen) atoms. The van der Waals surface area contributed by atoms with Crippen LogP contribution in [-0.4, -0.2) is 31.5 Å². The van der Waals surface area contributed by atoms with Gasteiger partial charge in [0, 0.05) is 13.1 Å². The van der Waals surface area contributed by atoms with Gasteiger partial charge in [0.05, 0.1) is 11.7 Å². The summed E-state index contributed by atoms with van der Waals surface area (Å²) in [6.07, 6.45) is 0. The normalized spacial score (nSPS) is 11.5. The van der Waals surface area contributed by atoms with E-state index in [1.165, 1.54) is 6.92 Å². The Hall–Kier alpha value is -3.12. The predicted molar refractivity (Wildman–Crippen MR) is 132 cm³/mol. The van der Waals surface area contributed by atoms with Gasteiger partial charge in [0.1, 0.15) is 5.75 Å². The lowest BCUT2D eigenvalue weighted by atomic mass is 9.89. The third-order valence-corrected chi connectivity index (χ3v) is 6.41. The quantitative estimate of drug-likeness (QED) is 0.385. The number of carbonyl (C=O) groups is 1. The van der Waals surface area contributed by atoms with E-state index in [9.17, 15) is 13.2 Å². The minimum atomic E-state index is -3.62. The number of hydrogen-bond donors (Lipinski definition) is 0. The SMILES string of the molecule is CCS(=O)(=O)Oc1cccc(CN(CC(C)C)C(=O)C(c2ccccc2)c2ccccc2)c1. The molecule has 174 valence electrons. The zero-order valence-electron chi connectivity index (χ0n) is 19.3. The molecule has 0 aliphatic heterocycles. The Kier molecular flexibility index (Phi) is 8.28. The summed E-state index contributed by atoms with van der Waals surface area (Å²) in [6.45, 7) is 6.63. The molecule has 3 rings (SSSR count). The van der Waals surface area contributed by atoms with Gasteiger partial charge in [0.25, 0.3) is 0 Å². The number of hydrogen-bond acceptors (Lipinski definition) is 4. The summed E-state index contributed by atoms with van der Waals surface area (Å²) in [5, 5.41) is 0. The van der Waals surface area contributed by atoms with Crippen LogP contribution in [0.3, 0.4) is 0 Å². The molecule has 0 bridgehead atoms. The van der Waals surface area contributed by atoms with Gasteiger partial charge in [-0.3, -0.25) is 4.79 Å². The van der Waals surface area contributed by atoms with Gasteiger partial charge in [-0.1, -0.05) is 86.6 Å². The van der Waals surface area contributed by atoms with Crippen molar-refractivity contribution < 1.29 is 17.4 Å². The maximum absolute atomic E-state index is 13.9. The lowest BCUT2D eigenvalue weighted by Crippen LogP contribution is -2.37. The molecule has 5 nitrogen and oxygen atoms in total. The van der Waals surface area contributed by atoms with Gasteiger partial charge in [-0.25, -0.2) is 0 Å². The summed E-state index contributed by atoms with van der Waals surface area (Å²) in [4.78, 5) is 15.8. The highest BCUT2D eigenvalue weighted by molar-refractivity contribution is 7.87. The summed E-state index contributed by atoms with van der Waals surface area (Å²) in [7, 11) is -3.62. The fourth-order valence-corrected chi connectivity index (χ4v) is 4.26. The molecule has 3 aromatic rings. The number of carbonyl (C=O) groups excluding carboxylic acids is 1. The Labute approximate surface area is 197 Å². The molecule has 0 radical (unpaired) electrons. The topological polar surface area (TPSA) is 63.7 Å². The van der Waals surface area contributed by atoms with E-state index in [2.05, 4.69) is 13.8 Å². The zero-order chi connectivity index (χ0) is 23.8. The molecule has 0 spiro atoms. The van der Waals surface area contributed by atoms with E-state index in [1.807, 2.05) is 71.6 Å². The molecular weight excluding hydrogens is 434 g/mol. The summed E-state index contributed by atoms with van der Waals surface area (Å²) < 4.78 is 28.9. The van der Waals surface area contributed by atoms with Crippen LogP contribution in [-0.2, 0) is 21.5 Å². The van der Waals surface area contributed by atoms with Crippen molar-refractivity contribution in [2.45, 2.75) is 33.2 Å². The van der Waals surface area contributed by atoms with Crippen LogP contribution in [0.5, 0.6) is 5.75 Å². The lowest BCUT2D eigenvalue weighted by Gasteiger charge is -2.29. The van der Waals surface area contributed by atoms with E-state index in [0.717, 1.165) is 16.7 Å². The Morgan fingerprint density at radius 3 is 1.97 bits per heavy atom. The second-order valence-corrected chi connectivity index (χ2v) is 10.3. The molecule has 0 aromatic heterocycles. The molecule has 0 heterocycles. The zero-order valence-corrected chi connectivity index (χ0v) is 20.2. The van der Waals surface area contributed by atoms with Crippen LogP contribution in [0.25, 0.3) is 0 Å². The van der Waals surface area contributed by atoms with Gasteiger partial charge >= 0.3 is 10.1 Å². The van der Waals surface area contributed by atoms with E-state index in [1.54, 1.807) is 18.2 Å². The van der Waals surface area contributed by atoms with Crippen LogP contribution in [0.15, 0.2) is 84.9 Å². The molecule has 0 fully saturated rings. The smallest absolute Gasteiger partial charge is 0.308 e. The van der Waals surface area contributed by atoms with E-state index in [4.69, 9.17) is 4.18 Å². The molecule has 0 aliphatic carbocycles. The molecule has 1 amide bonds. The van der Waals surface area contributed by atoms with E-state index < -0.39 is 16.0 Å². The largest absolute Gasteiger partial charge is 0.382 e. The Morgan fingerprint density at radius 2 is 1.45 bits per heavy atom. The molecule has 0 atom stereocenters. The third kappa shape index (κ3) is 6.93. The van der Waals surface area contributed by atoms with E-state index >= 15 is 0 Å². The molecule has 0 saturated carbocycles. The predicted octanol–water partition coefficient (Wildman–Crippen LogP) is 5.23. The Balaban J connectivity index is 1.94. The van der Waals surface area contributed by atoms with Crippen molar-refractivity contribution in [2.75, 3.05) is 12.3 Å². The fourth-order valence-electron chi connectivity index (χ4n) is 3.75. The minimum absolute atomic E-state index is 0.00796. The van der Waals surface area contributed by atoms with Crippen LogP contribution in [0.4, 0.5) is 0 Å². The highest BCUT2D eigenvalue weighted by atomic mass is 32.2. The Morgan fingerprint density at radius 1 is 0.879 bits per heavy atom. The standard InChI is InChI=1S/C27H31NO4S/c1-4-33(30,31)32-25-17-11-12-22(18-25)20-28(19-21(2)3)27(29)26(23-13-7-5-8-14-23)24-15-9-6-10-16-24/h5-18,21,26H,4,19-20H2,1-3H3. The minimum Gasteiger partial charge on any atom is -0.382 e. The molecule has 0 N–H and O–H groups in total. The summed E-state index contributed by atoms with van der Waals surface area (Å²) in [5.41, 5.74) is 2.69. The molecule has 6 heteroatoms. The van der Waals surface area contributed by atoms with Crippen molar-refractivity contribution in [3.8, 4) is 5.75 Å². The van der Waals surface area contributed by atoms with Gasteiger partial charge < -0.3 is 9.08 Å². The first-order chi connectivity index (χ1) is 15.8. The van der Waals surface area contributed by atoms with Gasteiger partial charge in [-0.2, -0.15) is 8.42 Å². The van der Waals surface area contributed by atoms with Crippen molar-refractivity contribution >= 4 is 16.0 Å². The summed E-state index contributed by atoms with van der Waals surface area (Å²) in [5.74, 6) is 0.0000407. The highest BCUT2D eigenvalue weighted by Gasteiger charge is 2.28. The number of nitrogens with zero attached hydrogens (tertiary/aromatic N) is 1. The second-order valence-electron chi connectivity index (χ2n) is 8.44. The summed E-state index contributed by atoms with van der Waals surface area (Å²) >= 11 is 0. The molecule has 0 saturated heterocycles. The maximum Gasteiger partial charge on any atom is 0.308 e. The van der Waals surface area contributed by atoms with Crippen LogP contribution in [0.1, 0.15) is 43.4 Å². The molecule has 0 unspecified atom stereocenters. The van der Waals surface area contributed by atoms with E-state index in [-0.39, 0.29) is 23.3 Å². The van der Waals surface area contributed by atoms with E-state index in [0.29, 0.717) is 13.1 Å². The average Bonchev–Trinajstić information content (AvgIpc) is 2.80. The molecule has 3 aromatic carbocycles. The lowest BCUT2D eigenvalue weighted by molar-refractivity contribution is -0.133. The van der Waals surface area contributed by atoms with Crippen LogP contribution >= 0.6 is 0 Å². The van der Waals surface area contributed by atoms with Gasteiger partial charge in [0.15, 0.2) is 0 Å². The Bertz CT molecular complexity index is 1110. The number of rotatable bonds is 10. The molecule has 0 aliphatic rings. The summed E-state index contributed by atoms with van der Waals surface area (Å²) in [6, 6.07) is 26.5. The fraction of sp³-hybridized carbons (Fsp3) is 0.296. The third-order valence-electron chi connectivity index (χ3n) is 5.26. The first-order valence-electron chi connectivity index (χ1n) is 11.2.